The van der Waals surface area contributed by atoms with Crippen LogP contribution in [0, 0.1) is 0 Å². The van der Waals surface area contributed by atoms with Crippen LogP contribution < -0.4 is 5.32 Å². The van der Waals surface area contributed by atoms with Gasteiger partial charge in [0.15, 0.2) is 0 Å². The van der Waals surface area contributed by atoms with Gasteiger partial charge in [-0.15, -0.1) is 0 Å². The number of nitrogens with one attached hydrogen (secondary N) is 1. The molecule has 1 aliphatic rings. The second-order valence-electron chi connectivity index (χ2n) is 4.78. The van der Waals surface area contributed by atoms with E-state index in [-0.39, 0.29) is 18.4 Å². The minimum Gasteiger partial charge on any atom is -0.345 e. The maximum Gasteiger partial charge on any atom is 0.268 e. The van der Waals surface area contributed by atoms with Crippen LogP contribution >= 0.6 is 15.9 Å². The quantitative estimate of drug-likeness (QED) is 0.915. The number of likely N-dealkylation sites (tertiary alicyclic amines) is 1. The molecular weight excluding hydrogens is 310 g/mol. The Kier molecular flexibility index (Phi) is 4.63. The van der Waals surface area contributed by atoms with Crippen LogP contribution in [0.3, 0.4) is 0 Å². The maximum atomic E-state index is 11.9. The highest BCUT2D eigenvalue weighted by atomic mass is 79.9. The molecular formula is C13H18BrN3O2. The monoisotopic (exact) mass is 327 g/mol. The molecule has 0 aromatic carbocycles. The van der Waals surface area contributed by atoms with Gasteiger partial charge < -0.3 is 14.8 Å². The zero-order chi connectivity index (χ0) is 13.8. The molecule has 6 heteroatoms. The number of halogens is 1. The first-order valence-electron chi connectivity index (χ1n) is 6.46. The molecule has 1 N–H and O–H groups in total. The highest BCUT2D eigenvalue weighted by Gasteiger charge is 2.18. The van der Waals surface area contributed by atoms with Crippen molar-refractivity contribution in [3.63, 3.8) is 0 Å². The smallest absolute Gasteiger partial charge is 0.268 e. The summed E-state index contributed by atoms with van der Waals surface area (Å²) in [4.78, 5) is 25.7. The Morgan fingerprint density at radius 2 is 2.00 bits per heavy atom. The molecule has 1 fully saturated rings. The number of carbonyl (C=O) groups is 2. The van der Waals surface area contributed by atoms with E-state index in [4.69, 9.17) is 0 Å². The van der Waals surface area contributed by atoms with Crippen LogP contribution in [0.25, 0.3) is 0 Å². The third kappa shape index (κ3) is 3.59. The third-order valence-corrected chi connectivity index (χ3v) is 3.75. The number of amides is 2. The van der Waals surface area contributed by atoms with Gasteiger partial charge in [0.1, 0.15) is 5.69 Å². The number of hydrogen-bond donors (Lipinski definition) is 1. The van der Waals surface area contributed by atoms with Gasteiger partial charge in [0.05, 0.1) is 6.54 Å². The topological polar surface area (TPSA) is 54.3 Å². The van der Waals surface area contributed by atoms with Gasteiger partial charge in [0.2, 0.25) is 5.91 Å². The minimum atomic E-state index is -0.224. The largest absolute Gasteiger partial charge is 0.345 e. The van der Waals surface area contributed by atoms with Gasteiger partial charge in [-0.2, -0.15) is 0 Å². The molecule has 1 aromatic rings. The van der Waals surface area contributed by atoms with Crippen LogP contribution in [0.4, 0.5) is 0 Å². The summed E-state index contributed by atoms with van der Waals surface area (Å²) in [5.74, 6) is -0.222. The van der Waals surface area contributed by atoms with Gasteiger partial charge in [-0.05, 0) is 41.3 Å². The standard InChI is InChI=1S/C13H18BrN3O2/c1-16-9-10(14)7-11(16)13(19)15-8-12(18)17-5-3-2-4-6-17/h7,9H,2-6,8H2,1H3,(H,15,19). The van der Waals surface area contributed by atoms with Crippen LogP contribution in [0.5, 0.6) is 0 Å². The first-order valence-corrected chi connectivity index (χ1v) is 7.25. The predicted octanol–water partition coefficient (Wildman–Crippen LogP) is 1.53. The molecule has 19 heavy (non-hydrogen) atoms. The third-order valence-electron chi connectivity index (χ3n) is 3.31. The Balaban J connectivity index is 1.86. The van der Waals surface area contributed by atoms with Crippen LogP contribution in [0.1, 0.15) is 29.8 Å². The number of carbonyl (C=O) groups excluding carboxylic acids is 2. The molecule has 0 aliphatic carbocycles. The van der Waals surface area contributed by atoms with E-state index in [1.165, 1.54) is 6.42 Å². The van der Waals surface area contributed by atoms with Gasteiger partial charge in [-0.1, -0.05) is 0 Å². The van der Waals surface area contributed by atoms with E-state index >= 15 is 0 Å². The summed E-state index contributed by atoms with van der Waals surface area (Å²) in [6.45, 7) is 1.69. The van der Waals surface area contributed by atoms with Crippen molar-refractivity contribution in [1.29, 1.82) is 0 Å². The summed E-state index contributed by atoms with van der Waals surface area (Å²) in [5.41, 5.74) is 0.540. The Morgan fingerprint density at radius 3 is 2.58 bits per heavy atom. The lowest BCUT2D eigenvalue weighted by Gasteiger charge is -2.26. The van der Waals surface area contributed by atoms with Gasteiger partial charge in [0, 0.05) is 30.8 Å². The number of nitrogens with zero attached hydrogens (tertiary/aromatic N) is 2. The molecule has 0 unspecified atom stereocenters. The van der Waals surface area contributed by atoms with E-state index in [2.05, 4.69) is 21.2 Å². The van der Waals surface area contributed by atoms with E-state index < -0.39 is 0 Å². The number of aryl methyl sites for hydroxylation is 1. The molecule has 1 aliphatic heterocycles. The lowest BCUT2D eigenvalue weighted by atomic mass is 10.1. The number of hydrogen-bond acceptors (Lipinski definition) is 2. The average molecular weight is 328 g/mol. The Morgan fingerprint density at radius 1 is 1.32 bits per heavy atom. The van der Waals surface area contributed by atoms with E-state index in [0.717, 1.165) is 30.4 Å². The second-order valence-corrected chi connectivity index (χ2v) is 5.69. The van der Waals surface area contributed by atoms with Crippen LogP contribution in [0.15, 0.2) is 16.7 Å². The number of piperidine rings is 1. The van der Waals surface area contributed by atoms with Crippen molar-refractivity contribution >= 4 is 27.7 Å². The summed E-state index contributed by atoms with van der Waals surface area (Å²) in [5, 5.41) is 2.68. The fourth-order valence-corrected chi connectivity index (χ4v) is 2.78. The van der Waals surface area contributed by atoms with Crippen LogP contribution in [-0.4, -0.2) is 40.9 Å². The van der Waals surface area contributed by atoms with Crippen molar-refractivity contribution in [3.05, 3.63) is 22.4 Å². The van der Waals surface area contributed by atoms with E-state index in [0.29, 0.717) is 5.69 Å². The molecule has 5 nitrogen and oxygen atoms in total. The summed E-state index contributed by atoms with van der Waals surface area (Å²) >= 11 is 3.32. The fourth-order valence-electron chi connectivity index (χ4n) is 2.25. The fraction of sp³-hybridized carbons (Fsp3) is 0.538. The first kappa shape index (κ1) is 14.1. The normalized spacial score (nSPS) is 15.4. The molecule has 0 spiro atoms. The highest BCUT2D eigenvalue weighted by molar-refractivity contribution is 9.10. The average Bonchev–Trinajstić information content (AvgIpc) is 2.75. The molecule has 0 bridgehead atoms. The van der Waals surface area contributed by atoms with Crippen LogP contribution in [0.2, 0.25) is 0 Å². The summed E-state index contributed by atoms with van der Waals surface area (Å²) < 4.78 is 2.58. The summed E-state index contributed by atoms with van der Waals surface area (Å²) in [6, 6.07) is 1.74. The Bertz CT molecular complexity index is 478. The van der Waals surface area contributed by atoms with Crippen LogP contribution in [-0.2, 0) is 11.8 Å². The highest BCUT2D eigenvalue weighted by Crippen LogP contribution is 2.13. The number of aromatic nitrogens is 1. The first-order chi connectivity index (χ1) is 9.08. The van der Waals surface area contributed by atoms with Crippen molar-refractivity contribution in [3.8, 4) is 0 Å². The van der Waals surface area contributed by atoms with Crippen molar-refractivity contribution in [1.82, 2.24) is 14.8 Å². The van der Waals surface area contributed by atoms with E-state index in [1.54, 1.807) is 23.9 Å². The van der Waals surface area contributed by atoms with Gasteiger partial charge in [0.25, 0.3) is 5.91 Å². The van der Waals surface area contributed by atoms with E-state index in [9.17, 15) is 9.59 Å². The molecule has 1 saturated heterocycles. The lowest BCUT2D eigenvalue weighted by molar-refractivity contribution is -0.130. The van der Waals surface area contributed by atoms with Crippen molar-refractivity contribution in [2.45, 2.75) is 19.3 Å². The summed E-state index contributed by atoms with van der Waals surface area (Å²) in [7, 11) is 1.80. The van der Waals surface area contributed by atoms with Crippen molar-refractivity contribution in [2.24, 2.45) is 7.05 Å². The maximum absolute atomic E-state index is 11.9. The minimum absolute atomic E-state index is 0.00123. The molecule has 104 valence electrons. The molecule has 1 aromatic heterocycles. The van der Waals surface area contributed by atoms with Crippen molar-refractivity contribution in [2.75, 3.05) is 19.6 Å². The molecule has 0 radical (unpaired) electrons. The summed E-state index contributed by atoms with van der Waals surface area (Å²) in [6.07, 6.45) is 5.11. The van der Waals surface area contributed by atoms with E-state index in [1.807, 2.05) is 4.90 Å². The molecule has 0 atom stereocenters. The lowest BCUT2D eigenvalue weighted by Crippen LogP contribution is -2.42. The predicted molar refractivity (Wildman–Crippen MR) is 75.9 cm³/mol. The zero-order valence-corrected chi connectivity index (χ0v) is 12.6. The van der Waals surface area contributed by atoms with Gasteiger partial charge >= 0.3 is 0 Å². The Hall–Kier alpha value is -1.30. The van der Waals surface area contributed by atoms with Gasteiger partial charge in [-0.3, -0.25) is 9.59 Å². The number of rotatable bonds is 3. The van der Waals surface area contributed by atoms with Gasteiger partial charge in [-0.25, -0.2) is 0 Å². The molecule has 2 amide bonds. The molecule has 0 saturated carbocycles. The SMILES string of the molecule is Cn1cc(Br)cc1C(=O)NCC(=O)N1CCCCC1. The van der Waals surface area contributed by atoms with Crippen molar-refractivity contribution < 1.29 is 9.59 Å². The molecule has 2 heterocycles. The zero-order valence-electron chi connectivity index (χ0n) is 11.0. The second kappa shape index (κ2) is 6.23. The molecule has 2 rings (SSSR count). The Labute approximate surface area is 121 Å².